The van der Waals surface area contributed by atoms with Crippen LogP contribution >= 0.6 is 0 Å². The average Bonchev–Trinajstić information content (AvgIpc) is 3.43. The second-order valence-electron chi connectivity index (χ2n) is 17.0. The molecule has 0 N–H and O–H groups in total. The van der Waals surface area contributed by atoms with Crippen LogP contribution in [-0.4, -0.2) is 0 Å². The van der Waals surface area contributed by atoms with Crippen molar-refractivity contribution in [3.63, 3.8) is 0 Å². The molecule has 0 heterocycles. The SMILES string of the molecule is c1ccc(-c2ccc(N(c3ccc(-c4ccccc4-c4ccc(N(c5ccc(-c6ccccc6)cc5)c5cccc(-c6ccccc6)c5)cc4)cc3)c3cccc(-c4ccccc4)c3)cc2)cc1. The maximum absolute atomic E-state index is 2.35. The Kier molecular flexibility index (Phi) is 11.8. The molecule has 0 radical (unpaired) electrons. The molecule has 0 spiro atoms. The van der Waals surface area contributed by atoms with E-state index in [1.807, 2.05) is 0 Å². The number of hydrogen-bond donors (Lipinski definition) is 0. The summed E-state index contributed by atoms with van der Waals surface area (Å²) in [7, 11) is 0. The number of hydrogen-bond acceptors (Lipinski definition) is 2. The summed E-state index contributed by atoms with van der Waals surface area (Å²) in [6.45, 7) is 0. The van der Waals surface area contributed by atoms with Gasteiger partial charge in [-0.05, 0) is 140 Å². The van der Waals surface area contributed by atoms with E-state index in [1.165, 1.54) is 55.6 Å². The van der Waals surface area contributed by atoms with Crippen LogP contribution in [0.4, 0.5) is 34.1 Å². The molecule has 0 amide bonds. The molecule has 0 bridgehead atoms. The standard InChI is InChI=1S/C66H48N2/c1-5-17-49(18-6-1)53-31-39-59(40-32-53)67(63-27-15-25-57(47-63)51-21-9-3-10-22-51)61-43-35-55(36-44-61)65-29-13-14-30-66(65)56-37-45-62(46-38-56)68(60-41-33-54(34-42-60)50-19-7-2-8-20-50)64-28-16-26-58(48-64)52-23-11-4-12-24-52/h1-48H. The second-order valence-corrected chi connectivity index (χ2v) is 17.0. The van der Waals surface area contributed by atoms with Crippen LogP contribution in [0.1, 0.15) is 0 Å². The summed E-state index contributed by atoms with van der Waals surface area (Å²) < 4.78 is 0. The molecule has 11 rings (SSSR count). The minimum atomic E-state index is 1.08. The van der Waals surface area contributed by atoms with Crippen molar-refractivity contribution in [3.05, 3.63) is 291 Å². The summed E-state index contributed by atoms with van der Waals surface area (Å²) in [5, 5.41) is 0. The lowest BCUT2D eigenvalue weighted by molar-refractivity contribution is 1.28. The van der Waals surface area contributed by atoms with E-state index < -0.39 is 0 Å². The van der Waals surface area contributed by atoms with E-state index in [1.54, 1.807) is 0 Å². The van der Waals surface area contributed by atoms with Crippen molar-refractivity contribution in [2.24, 2.45) is 0 Å². The highest BCUT2D eigenvalue weighted by molar-refractivity contribution is 5.88. The molecule has 0 saturated heterocycles. The first-order valence-electron chi connectivity index (χ1n) is 23.2. The highest BCUT2D eigenvalue weighted by Gasteiger charge is 2.18. The zero-order valence-electron chi connectivity index (χ0n) is 37.6. The molecule has 322 valence electrons. The van der Waals surface area contributed by atoms with Gasteiger partial charge in [-0.1, -0.05) is 218 Å². The Hall–Kier alpha value is -8.98. The van der Waals surface area contributed by atoms with Gasteiger partial charge in [-0.3, -0.25) is 0 Å². The van der Waals surface area contributed by atoms with E-state index in [9.17, 15) is 0 Å². The Morgan fingerprint density at radius 2 is 0.382 bits per heavy atom. The zero-order chi connectivity index (χ0) is 45.5. The summed E-state index contributed by atoms with van der Waals surface area (Å²) in [6.07, 6.45) is 0. The fraction of sp³-hybridized carbons (Fsp3) is 0. The van der Waals surface area contributed by atoms with Gasteiger partial charge < -0.3 is 9.80 Å². The van der Waals surface area contributed by atoms with Crippen LogP contribution in [0.25, 0.3) is 66.8 Å². The molecule has 0 aromatic heterocycles. The predicted molar refractivity (Wildman–Crippen MR) is 288 cm³/mol. The van der Waals surface area contributed by atoms with Gasteiger partial charge in [0.25, 0.3) is 0 Å². The van der Waals surface area contributed by atoms with Gasteiger partial charge in [0.15, 0.2) is 0 Å². The quantitative estimate of drug-likeness (QED) is 0.121. The van der Waals surface area contributed by atoms with Gasteiger partial charge in [0.05, 0.1) is 0 Å². The lowest BCUT2D eigenvalue weighted by Crippen LogP contribution is -2.10. The Morgan fingerprint density at radius 1 is 0.147 bits per heavy atom. The topological polar surface area (TPSA) is 6.48 Å². The Balaban J connectivity index is 0.930. The molecule has 0 unspecified atom stereocenters. The average molecular weight is 869 g/mol. The number of anilines is 6. The van der Waals surface area contributed by atoms with Crippen LogP contribution in [-0.2, 0) is 0 Å². The summed E-state index contributed by atoms with van der Waals surface area (Å²) in [5.74, 6) is 0. The molecule has 0 atom stereocenters. The van der Waals surface area contributed by atoms with Crippen LogP contribution in [0, 0.1) is 0 Å². The minimum absolute atomic E-state index is 1.08. The summed E-state index contributed by atoms with van der Waals surface area (Å²) in [5.41, 5.74) is 20.7. The van der Waals surface area contributed by atoms with Crippen molar-refractivity contribution in [1.29, 1.82) is 0 Å². The van der Waals surface area contributed by atoms with Crippen molar-refractivity contribution in [2.45, 2.75) is 0 Å². The smallest absolute Gasteiger partial charge is 0.0467 e. The second kappa shape index (κ2) is 19.2. The van der Waals surface area contributed by atoms with Crippen molar-refractivity contribution < 1.29 is 0 Å². The van der Waals surface area contributed by atoms with Crippen LogP contribution in [0.15, 0.2) is 291 Å². The monoisotopic (exact) mass is 868 g/mol. The summed E-state index contributed by atoms with van der Waals surface area (Å²) in [6, 6.07) is 105. The predicted octanol–water partition coefficient (Wildman–Crippen LogP) is 18.6. The molecule has 0 aliphatic rings. The van der Waals surface area contributed by atoms with E-state index in [-0.39, 0.29) is 0 Å². The third kappa shape index (κ3) is 8.87. The van der Waals surface area contributed by atoms with Gasteiger partial charge in [-0.15, -0.1) is 0 Å². The molecule has 0 aliphatic heterocycles. The third-order valence-corrected chi connectivity index (χ3v) is 12.7. The maximum atomic E-state index is 2.35. The third-order valence-electron chi connectivity index (χ3n) is 12.7. The van der Waals surface area contributed by atoms with Crippen LogP contribution in [0.5, 0.6) is 0 Å². The maximum Gasteiger partial charge on any atom is 0.0467 e. The lowest BCUT2D eigenvalue weighted by atomic mass is 9.94. The van der Waals surface area contributed by atoms with Crippen molar-refractivity contribution >= 4 is 34.1 Å². The Labute approximate surface area is 400 Å². The van der Waals surface area contributed by atoms with E-state index in [0.717, 1.165) is 45.3 Å². The van der Waals surface area contributed by atoms with Gasteiger partial charge in [-0.2, -0.15) is 0 Å². The lowest BCUT2D eigenvalue weighted by Gasteiger charge is -2.27. The van der Waals surface area contributed by atoms with Gasteiger partial charge >= 0.3 is 0 Å². The minimum Gasteiger partial charge on any atom is -0.310 e. The molecule has 11 aromatic rings. The number of benzene rings is 11. The van der Waals surface area contributed by atoms with Crippen LogP contribution in [0.3, 0.4) is 0 Å². The fourth-order valence-corrected chi connectivity index (χ4v) is 9.24. The molecular formula is C66H48N2. The Morgan fingerprint density at radius 3 is 0.691 bits per heavy atom. The highest BCUT2D eigenvalue weighted by atomic mass is 15.1. The Bertz CT molecular complexity index is 3150. The normalized spacial score (nSPS) is 10.9. The largest absolute Gasteiger partial charge is 0.310 e. The van der Waals surface area contributed by atoms with E-state index in [2.05, 4.69) is 301 Å². The molecule has 0 saturated carbocycles. The van der Waals surface area contributed by atoms with E-state index >= 15 is 0 Å². The van der Waals surface area contributed by atoms with Gasteiger partial charge in [0.1, 0.15) is 0 Å². The number of nitrogens with zero attached hydrogens (tertiary/aromatic N) is 2. The van der Waals surface area contributed by atoms with E-state index in [0.29, 0.717) is 0 Å². The van der Waals surface area contributed by atoms with Crippen LogP contribution < -0.4 is 9.80 Å². The van der Waals surface area contributed by atoms with Crippen molar-refractivity contribution in [2.75, 3.05) is 9.80 Å². The molecule has 11 aromatic carbocycles. The molecular weight excluding hydrogens is 821 g/mol. The first kappa shape index (κ1) is 41.7. The highest BCUT2D eigenvalue weighted by Crippen LogP contribution is 2.42. The molecule has 0 aliphatic carbocycles. The van der Waals surface area contributed by atoms with Gasteiger partial charge in [0.2, 0.25) is 0 Å². The number of rotatable bonds is 12. The summed E-state index contributed by atoms with van der Waals surface area (Å²) in [4.78, 5) is 4.71. The fourth-order valence-electron chi connectivity index (χ4n) is 9.24. The zero-order valence-corrected chi connectivity index (χ0v) is 37.6. The first-order valence-corrected chi connectivity index (χ1v) is 23.2. The molecule has 68 heavy (non-hydrogen) atoms. The first-order chi connectivity index (χ1) is 33.7. The van der Waals surface area contributed by atoms with Crippen LogP contribution in [0.2, 0.25) is 0 Å². The molecule has 2 nitrogen and oxygen atoms in total. The molecule has 2 heteroatoms. The van der Waals surface area contributed by atoms with Gasteiger partial charge in [-0.25, -0.2) is 0 Å². The van der Waals surface area contributed by atoms with Crippen molar-refractivity contribution in [1.82, 2.24) is 0 Å². The van der Waals surface area contributed by atoms with Gasteiger partial charge in [0, 0.05) is 34.1 Å². The summed E-state index contributed by atoms with van der Waals surface area (Å²) >= 11 is 0. The van der Waals surface area contributed by atoms with E-state index in [4.69, 9.17) is 0 Å². The molecule has 0 fully saturated rings. The van der Waals surface area contributed by atoms with Crippen molar-refractivity contribution in [3.8, 4) is 66.8 Å².